The van der Waals surface area contributed by atoms with Crippen molar-refractivity contribution in [3.8, 4) is 11.1 Å². The molecule has 18 heavy (non-hydrogen) atoms. The minimum atomic E-state index is -0.633. The molecule has 0 spiro atoms. The highest BCUT2D eigenvalue weighted by molar-refractivity contribution is 5.80. The Labute approximate surface area is 103 Å². The molecule has 1 aromatic heterocycles. The minimum absolute atomic E-state index is 0.289. The number of rotatable bonds is 1. The Morgan fingerprint density at radius 3 is 2.78 bits per heavy atom. The highest BCUT2D eigenvalue weighted by Crippen LogP contribution is 2.37. The first-order valence-corrected chi connectivity index (χ1v) is 5.88. The van der Waals surface area contributed by atoms with E-state index >= 15 is 0 Å². The number of hydrogen-bond acceptors (Lipinski definition) is 2. The number of nitrogen functional groups attached to an aromatic ring is 1. The van der Waals surface area contributed by atoms with Gasteiger partial charge < -0.3 is 5.73 Å². The van der Waals surface area contributed by atoms with Crippen LogP contribution in [0.5, 0.6) is 0 Å². The molecule has 0 aliphatic heterocycles. The van der Waals surface area contributed by atoms with Gasteiger partial charge in [-0.25, -0.2) is 9.37 Å². The van der Waals surface area contributed by atoms with Crippen LogP contribution >= 0.6 is 0 Å². The number of nitrogens with zero attached hydrogens (tertiary/aromatic N) is 1. The molecular formula is C14H12F2N2. The Bertz CT molecular complexity index is 623. The van der Waals surface area contributed by atoms with Crippen LogP contribution < -0.4 is 5.73 Å². The molecule has 1 aliphatic rings. The lowest BCUT2D eigenvalue weighted by molar-refractivity contribution is 0.584. The lowest BCUT2D eigenvalue weighted by atomic mass is 9.97. The van der Waals surface area contributed by atoms with Gasteiger partial charge in [0.1, 0.15) is 5.82 Å². The van der Waals surface area contributed by atoms with Crippen molar-refractivity contribution in [2.75, 3.05) is 5.73 Å². The quantitative estimate of drug-likeness (QED) is 0.620. The monoisotopic (exact) mass is 246 g/mol. The number of aryl methyl sites for hydroxylation is 1. The third-order valence-corrected chi connectivity index (χ3v) is 3.41. The Hall–Kier alpha value is -1.97. The van der Waals surface area contributed by atoms with Crippen molar-refractivity contribution < 1.29 is 8.78 Å². The van der Waals surface area contributed by atoms with E-state index in [9.17, 15) is 8.78 Å². The van der Waals surface area contributed by atoms with E-state index in [1.165, 1.54) is 18.3 Å². The Balaban J connectivity index is 2.24. The normalized spacial score (nSPS) is 13.7. The third-order valence-electron chi connectivity index (χ3n) is 3.41. The zero-order valence-corrected chi connectivity index (χ0v) is 9.71. The third kappa shape index (κ3) is 1.65. The SMILES string of the molecule is Nc1c2c(cc(F)c1-c1ccnc(F)c1)CCC2. The van der Waals surface area contributed by atoms with Crippen LogP contribution in [0.4, 0.5) is 14.5 Å². The molecule has 0 unspecified atom stereocenters. The van der Waals surface area contributed by atoms with E-state index in [0.29, 0.717) is 11.3 Å². The highest BCUT2D eigenvalue weighted by atomic mass is 19.1. The van der Waals surface area contributed by atoms with Crippen molar-refractivity contribution in [3.05, 3.63) is 47.3 Å². The number of fused-ring (bicyclic) bond motifs is 1. The van der Waals surface area contributed by atoms with Gasteiger partial charge in [0.2, 0.25) is 5.95 Å². The largest absolute Gasteiger partial charge is 0.398 e. The van der Waals surface area contributed by atoms with Gasteiger partial charge in [0, 0.05) is 23.5 Å². The molecular weight excluding hydrogens is 234 g/mol. The van der Waals surface area contributed by atoms with Gasteiger partial charge in [-0.3, -0.25) is 0 Å². The summed E-state index contributed by atoms with van der Waals surface area (Å²) in [4.78, 5) is 3.47. The maximum Gasteiger partial charge on any atom is 0.213 e. The molecule has 0 bridgehead atoms. The summed E-state index contributed by atoms with van der Waals surface area (Å²) in [6.45, 7) is 0. The van der Waals surface area contributed by atoms with Crippen molar-refractivity contribution in [1.29, 1.82) is 0 Å². The summed E-state index contributed by atoms with van der Waals surface area (Å²) in [6, 6.07) is 4.29. The van der Waals surface area contributed by atoms with Gasteiger partial charge in [-0.2, -0.15) is 4.39 Å². The lowest BCUT2D eigenvalue weighted by Gasteiger charge is -2.12. The van der Waals surface area contributed by atoms with E-state index in [0.717, 1.165) is 30.4 Å². The first-order chi connectivity index (χ1) is 8.66. The molecule has 2 nitrogen and oxygen atoms in total. The molecule has 3 rings (SSSR count). The predicted molar refractivity (Wildman–Crippen MR) is 66.0 cm³/mol. The van der Waals surface area contributed by atoms with E-state index < -0.39 is 11.8 Å². The van der Waals surface area contributed by atoms with Gasteiger partial charge in [-0.05, 0) is 48.1 Å². The Morgan fingerprint density at radius 2 is 2.00 bits per heavy atom. The van der Waals surface area contributed by atoms with Crippen molar-refractivity contribution in [1.82, 2.24) is 4.98 Å². The molecule has 92 valence electrons. The molecule has 1 heterocycles. The maximum atomic E-state index is 14.1. The minimum Gasteiger partial charge on any atom is -0.398 e. The van der Waals surface area contributed by atoms with E-state index in [2.05, 4.69) is 4.98 Å². The van der Waals surface area contributed by atoms with Gasteiger partial charge in [0.25, 0.3) is 0 Å². The number of anilines is 1. The van der Waals surface area contributed by atoms with Crippen molar-refractivity contribution >= 4 is 5.69 Å². The van der Waals surface area contributed by atoms with Crippen molar-refractivity contribution in [2.24, 2.45) is 0 Å². The Kier molecular flexibility index (Phi) is 2.51. The second kappa shape index (κ2) is 4.05. The molecule has 0 radical (unpaired) electrons. The summed E-state index contributed by atoms with van der Waals surface area (Å²) in [5.74, 6) is -1.02. The Morgan fingerprint density at radius 1 is 1.17 bits per heavy atom. The summed E-state index contributed by atoms with van der Waals surface area (Å²) < 4.78 is 27.2. The molecule has 1 aliphatic carbocycles. The molecule has 0 amide bonds. The lowest BCUT2D eigenvalue weighted by Crippen LogP contribution is -2.00. The van der Waals surface area contributed by atoms with Gasteiger partial charge in [-0.1, -0.05) is 0 Å². The van der Waals surface area contributed by atoms with Crippen LogP contribution in [0.3, 0.4) is 0 Å². The second-order valence-electron chi connectivity index (χ2n) is 4.51. The molecule has 2 aromatic rings. The summed E-state index contributed by atoms with van der Waals surface area (Å²) in [5, 5.41) is 0. The molecule has 0 atom stereocenters. The summed E-state index contributed by atoms with van der Waals surface area (Å²) >= 11 is 0. The first kappa shape index (κ1) is 11.1. The fourth-order valence-corrected chi connectivity index (χ4v) is 2.59. The number of nitrogens with two attached hydrogens (primary N) is 1. The topological polar surface area (TPSA) is 38.9 Å². The zero-order chi connectivity index (χ0) is 12.7. The highest BCUT2D eigenvalue weighted by Gasteiger charge is 2.21. The number of halogens is 2. The summed E-state index contributed by atoms with van der Waals surface area (Å²) in [5.41, 5.74) is 9.18. The van der Waals surface area contributed by atoms with Gasteiger partial charge in [-0.15, -0.1) is 0 Å². The van der Waals surface area contributed by atoms with Crippen LogP contribution in [0.15, 0.2) is 24.4 Å². The van der Waals surface area contributed by atoms with Gasteiger partial charge >= 0.3 is 0 Å². The van der Waals surface area contributed by atoms with Crippen LogP contribution in [-0.4, -0.2) is 4.98 Å². The van der Waals surface area contributed by atoms with E-state index in [-0.39, 0.29) is 5.56 Å². The number of benzene rings is 1. The molecule has 2 N–H and O–H groups in total. The van der Waals surface area contributed by atoms with Crippen molar-refractivity contribution in [2.45, 2.75) is 19.3 Å². The fraction of sp³-hybridized carbons (Fsp3) is 0.214. The van der Waals surface area contributed by atoms with Crippen LogP contribution in [0, 0.1) is 11.8 Å². The fourth-order valence-electron chi connectivity index (χ4n) is 2.59. The van der Waals surface area contributed by atoms with E-state index in [1.54, 1.807) is 6.07 Å². The smallest absolute Gasteiger partial charge is 0.213 e. The van der Waals surface area contributed by atoms with Crippen LogP contribution in [0.25, 0.3) is 11.1 Å². The van der Waals surface area contributed by atoms with Crippen LogP contribution in [0.1, 0.15) is 17.5 Å². The maximum absolute atomic E-state index is 14.1. The number of pyridine rings is 1. The molecule has 0 saturated heterocycles. The molecule has 4 heteroatoms. The van der Waals surface area contributed by atoms with Crippen LogP contribution in [-0.2, 0) is 12.8 Å². The first-order valence-electron chi connectivity index (χ1n) is 5.88. The van der Waals surface area contributed by atoms with Gasteiger partial charge in [0.15, 0.2) is 0 Å². The predicted octanol–water partition coefficient (Wildman–Crippen LogP) is 3.10. The summed E-state index contributed by atoms with van der Waals surface area (Å²) in [7, 11) is 0. The zero-order valence-electron chi connectivity index (χ0n) is 9.71. The molecule has 0 fully saturated rings. The molecule has 1 aromatic carbocycles. The summed E-state index contributed by atoms with van der Waals surface area (Å²) in [6.07, 6.45) is 4.04. The molecule has 0 saturated carbocycles. The van der Waals surface area contributed by atoms with E-state index in [1.807, 2.05) is 0 Å². The van der Waals surface area contributed by atoms with Gasteiger partial charge in [0.05, 0.1) is 0 Å². The van der Waals surface area contributed by atoms with E-state index in [4.69, 9.17) is 5.73 Å². The van der Waals surface area contributed by atoms with Crippen LogP contribution in [0.2, 0.25) is 0 Å². The standard InChI is InChI=1S/C14H12F2N2/c15-11-6-8-2-1-3-10(8)14(17)13(11)9-4-5-18-12(16)7-9/h4-7H,1-3,17H2. The average molecular weight is 246 g/mol. The average Bonchev–Trinajstić information content (AvgIpc) is 2.77. The second-order valence-corrected chi connectivity index (χ2v) is 4.51. The number of hydrogen-bond donors (Lipinski definition) is 1. The number of aromatic nitrogens is 1. The van der Waals surface area contributed by atoms with Crippen molar-refractivity contribution in [3.63, 3.8) is 0 Å².